The third-order valence-electron chi connectivity index (χ3n) is 4.01. The van der Waals surface area contributed by atoms with E-state index < -0.39 is 10.1 Å². The van der Waals surface area contributed by atoms with E-state index in [-0.39, 0.29) is 10.6 Å². The molecular weight excluding hydrogens is 340 g/mol. The summed E-state index contributed by atoms with van der Waals surface area (Å²) >= 11 is 0. The minimum Gasteiger partial charge on any atom is -0.379 e. The smallest absolute Gasteiger partial charge is 0.339 e. The summed E-state index contributed by atoms with van der Waals surface area (Å²) in [5, 5.41) is 10.9. The van der Waals surface area contributed by atoms with Gasteiger partial charge in [-0.3, -0.25) is 0 Å². The van der Waals surface area contributed by atoms with Crippen LogP contribution in [0, 0.1) is 0 Å². The lowest BCUT2D eigenvalue weighted by atomic mass is 9.99. The van der Waals surface area contributed by atoms with Gasteiger partial charge in [0.2, 0.25) is 0 Å². The van der Waals surface area contributed by atoms with Crippen LogP contribution in [0.3, 0.4) is 0 Å². The standard InChI is InChI=1S/C17H18N4O3S/c1-3-13(2)14-4-10-17(11-5-14)25(22,23)24-16-8-6-15(7-9-16)21-12-18-19-20-21/h4-13H,3H2,1-2H3. The van der Waals surface area contributed by atoms with Crippen molar-refractivity contribution >= 4 is 10.1 Å². The fourth-order valence-electron chi connectivity index (χ4n) is 2.31. The Kier molecular flexibility index (Phi) is 4.80. The summed E-state index contributed by atoms with van der Waals surface area (Å²) in [5.41, 5.74) is 1.81. The number of benzene rings is 2. The number of hydrogen-bond donors (Lipinski definition) is 0. The van der Waals surface area contributed by atoms with Crippen LogP contribution in [0.2, 0.25) is 0 Å². The molecule has 0 amide bonds. The van der Waals surface area contributed by atoms with Crippen molar-refractivity contribution in [3.05, 3.63) is 60.4 Å². The Balaban J connectivity index is 1.77. The second-order valence-corrected chi connectivity index (χ2v) is 7.21. The van der Waals surface area contributed by atoms with Crippen molar-refractivity contribution in [2.24, 2.45) is 0 Å². The van der Waals surface area contributed by atoms with Crippen LogP contribution in [0.25, 0.3) is 5.69 Å². The fourth-order valence-corrected chi connectivity index (χ4v) is 3.24. The van der Waals surface area contributed by atoms with E-state index in [4.69, 9.17) is 4.18 Å². The van der Waals surface area contributed by atoms with Gasteiger partial charge in [0.25, 0.3) is 0 Å². The summed E-state index contributed by atoms with van der Waals surface area (Å²) in [6.07, 6.45) is 2.45. The lowest BCUT2D eigenvalue weighted by Crippen LogP contribution is -2.10. The first-order valence-corrected chi connectivity index (χ1v) is 9.28. The maximum Gasteiger partial charge on any atom is 0.339 e. The van der Waals surface area contributed by atoms with Crippen molar-refractivity contribution < 1.29 is 12.6 Å². The topological polar surface area (TPSA) is 87.0 Å². The molecule has 0 radical (unpaired) electrons. The highest BCUT2D eigenvalue weighted by Gasteiger charge is 2.17. The normalized spacial score (nSPS) is 12.7. The van der Waals surface area contributed by atoms with E-state index in [0.29, 0.717) is 11.6 Å². The first-order valence-electron chi connectivity index (χ1n) is 7.87. The van der Waals surface area contributed by atoms with Crippen molar-refractivity contribution in [1.82, 2.24) is 20.2 Å². The minimum atomic E-state index is -3.88. The highest BCUT2D eigenvalue weighted by Crippen LogP contribution is 2.23. The van der Waals surface area contributed by atoms with E-state index in [1.54, 1.807) is 36.4 Å². The molecule has 0 saturated carbocycles. The zero-order valence-electron chi connectivity index (χ0n) is 13.9. The first-order chi connectivity index (χ1) is 12.0. The fraction of sp³-hybridized carbons (Fsp3) is 0.235. The van der Waals surface area contributed by atoms with Gasteiger partial charge in [-0.2, -0.15) is 8.42 Å². The van der Waals surface area contributed by atoms with Crippen LogP contribution in [0.1, 0.15) is 31.7 Å². The third kappa shape index (κ3) is 3.85. The van der Waals surface area contributed by atoms with Gasteiger partial charge in [0.1, 0.15) is 17.0 Å². The second-order valence-electron chi connectivity index (χ2n) is 5.66. The number of tetrazole rings is 1. The van der Waals surface area contributed by atoms with Crippen molar-refractivity contribution in [1.29, 1.82) is 0 Å². The Labute approximate surface area is 146 Å². The molecule has 0 bridgehead atoms. The predicted octanol–water partition coefficient (Wildman–Crippen LogP) is 2.94. The predicted molar refractivity (Wildman–Crippen MR) is 92.1 cm³/mol. The van der Waals surface area contributed by atoms with Gasteiger partial charge in [0.05, 0.1) is 5.69 Å². The molecule has 1 heterocycles. The molecule has 25 heavy (non-hydrogen) atoms. The molecule has 3 rings (SSSR count). The summed E-state index contributed by atoms with van der Waals surface area (Å²) in [6.45, 7) is 4.20. The molecule has 1 aromatic heterocycles. The van der Waals surface area contributed by atoms with Crippen molar-refractivity contribution in [2.45, 2.75) is 31.1 Å². The average molecular weight is 358 g/mol. The van der Waals surface area contributed by atoms with Crippen molar-refractivity contribution in [2.75, 3.05) is 0 Å². The van der Waals surface area contributed by atoms with Gasteiger partial charge in [-0.25, -0.2) is 4.68 Å². The third-order valence-corrected chi connectivity index (χ3v) is 5.27. The molecule has 1 unspecified atom stereocenters. The highest BCUT2D eigenvalue weighted by molar-refractivity contribution is 7.87. The van der Waals surface area contributed by atoms with E-state index in [9.17, 15) is 8.42 Å². The maximum absolute atomic E-state index is 12.4. The molecule has 3 aromatic rings. The Hall–Kier alpha value is -2.74. The van der Waals surface area contributed by atoms with E-state index >= 15 is 0 Å². The summed E-state index contributed by atoms with van der Waals surface area (Å²) in [5.74, 6) is 0.610. The zero-order valence-corrected chi connectivity index (χ0v) is 14.7. The largest absolute Gasteiger partial charge is 0.379 e. The molecule has 0 aliphatic heterocycles. The summed E-state index contributed by atoms with van der Waals surface area (Å²) in [4.78, 5) is 0.129. The first kappa shape index (κ1) is 17.1. The average Bonchev–Trinajstić information content (AvgIpc) is 3.16. The lowest BCUT2D eigenvalue weighted by molar-refractivity contribution is 0.486. The monoisotopic (exact) mass is 358 g/mol. The van der Waals surface area contributed by atoms with Gasteiger partial charge < -0.3 is 4.18 Å². The molecule has 7 nitrogen and oxygen atoms in total. The van der Waals surface area contributed by atoms with Gasteiger partial charge in [0, 0.05) is 0 Å². The van der Waals surface area contributed by atoms with Crippen LogP contribution in [-0.4, -0.2) is 28.6 Å². The number of hydrogen-bond acceptors (Lipinski definition) is 6. The van der Waals surface area contributed by atoms with Crippen LogP contribution in [0.5, 0.6) is 5.75 Å². The highest BCUT2D eigenvalue weighted by atomic mass is 32.2. The molecule has 130 valence electrons. The van der Waals surface area contributed by atoms with E-state index in [1.165, 1.54) is 11.0 Å². The Morgan fingerprint density at radius 3 is 2.32 bits per heavy atom. The van der Waals surface area contributed by atoms with Gasteiger partial charge in [-0.05, 0) is 64.7 Å². The number of nitrogens with zero attached hydrogens (tertiary/aromatic N) is 4. The molecule has 0 saturated heterocycles. The van der Waals surface area contributed by atoms with Crippen LogP contribution in [0.4, 0.5) is 0 Å². The molecule has 2 aromatic carbocycles. The van der Waals surface area contributed by atoms with Gasteiger partial charge >= 0.3 is 10.1 Å². The molecule has 0 fully saturated rings. The van der Waals surface area contributed by atoms with Gasteiger partial charge in [0.15, 0.2) is 0 Å². The van der Waals surface area contributed by atoms with Crippen molar-refractivity contribution in [3.8, 4) is 11.4 Å². The summed E-state index contributed by atoms with van der Waals surface area (Å²) < 4.78 is 31.5. The van der Waals surface area contributed by atoms with E-state index in [2.05, 4.69) is 29.4 Å². The number of rotatable bonds is 6. The molecule has 0 N–H and O–H groups in total. The summed E-state index contributed by atoms with van der Waals surface area (Å²) in [6, 6.07) is 13.3. The quantitative estimate of drug-likeness (QED) is 0.630. The number of aromatic nitrogens is 4. The van der Waals surface area contributed by atoms with Crippen LogP contribution in [-0.2, 0) is 10.1 Å². The molecule has 1 atom stereocenters. The van der Waals surface area contributed by atoms with Crippen LogP contribution < -0.4 is 4.18 Å². The van der Waals surface area contributed by atoms with Crippen LogP contribution >= 0.6 is 0 Å². The molecule has 8 heteroatoms. The molecule has 0 spiro atoms. The zero-order chi connectivity index (χ0) is 17.9. The Morgan fingerprint density at radius 1 is 1.08 bits per heavy atom. The minimum absolute atomic E-state index is 0.129. The van der Waals surface area contributed by atoms with E-state index in [0.717, 1.165) is 12.0 Å². The van der Waals surface area contributed by atoms with Gasteiger partial charge in [-0.15, -0.1) is 5.10 Å². The molecule has 0 aliphatic rings. The summed E-state index contributed by atoms with van der Waals surface area (Å²) in [7, 11) is -3.88. The molecule has 0 aliphatic carbocycles. The lowest BCUT2D eigenvalue weighted by Gasteiger charge is -2.11. The SMILES string of the molecule is CCC(C)c1ccc(S(=O)(=O)Oc2ccc(-n3cnnn3)cc2)cc1. The Morgan fingerprint density at radius 2 is 1.76 bits per heavy atom. The van der Waals surface area contributed by atoms with Crippen LogP contribution in [0.15, 0.2) is 59.8 Å². The maximum atomic E-state index is 12.4. The van der Waals surface area contributed by atoms with Crippen molar-refractivity contribution in [3.63, 3.8) is 0 Å². The van der Waals surface area contributed by atoms with Gasteiger partial charge in [-0.1, -0.05) is 26.0 Å². The van der Waals surface area contributed by atoms with E-state index in [1.807, 2.05) is 12.1 Å². The Bertz CT molecular complexity index is 921. The molecular formula is C17H18N4O3S. The second kappa shape index (κ2) is 7.02.